The van der Waals surface area contributed by atoms with Crippen LogP contribution in [0.4, 0.5) is 5.69 Å². The molecule has 9 nitrogen and oxygen atoms in total. The molecule has 0 saturated heterocycles. The molecule has 26 heavy (non-hydrogen) atoms. The highest BCUT2D eigenvalue weighted by Crippen LogP contribution is 2.18. The van der Waals surface area contributed by atoms with Gasteiger partial charge >= 0.3 is 0 Å². The van der Waals surface area contributed by atoms with Crippen LogP contribution < -0.4 is 11.1 Å². The zero-order valence-electron chi connectivity index (χ0n) is 14.1. The maximum Gasteiger partial charge on any atom is 0.269 e. The fourth-order valence-electron chi connectivity index (χ4n) is 1.86. The van der Waals surface area contributed by atoms with E-state index < -0.39 is 17.5 Å². The van der Waals surface area contributed by atoms with Gasteiger partial charge in [0.2, 0.25) is 0 Å². The van der Waals surface area contributed by atoms with Crippen LogP contribution in [0, 0.1) is 22.7 Å². The Hall–Kier alpha value is -3.67. The molecule has 2 amide bonds. The fourth-order valence-corrected chi connectivity index (χ4v) is 1.86. The number of rotatable bonds is 9. The summed E-state index contributed by atoms with van der Waals surface area (Å²) in [7, 11) is 0. The van der Waals surface area contributed by atoms with Gasteiger partial charge in [-0.2, -0.15) is 10.4 Å². The lowest BCUT2D eigenvalue weighted by Gasteiger charge is -2.05. The molecule has 1 aromatic carbocycles. The first-order valence-electron chi connectivity index (χ1n) is 7.67. The average Bonchev–Trinajstić information content (AvgIpc) is 2.65. The standard InChI is InChI=1S/C17H18N6O3/c1-2-7-21-17(26)11-3-5-13(6-4-11)22-23-15(16(20)25)14(9-19)12(8-18)10-24/h3-6,9-10,12,19H,2,7H2,1H3,(H2,20,25)(H,21,26)/b15-14+,19-9?,23-22?. The van der Waals surface area contributed by atoms with Crippen LogP contribution in [0.3, 0.4) is 0 Å². The van der Waals surface area contributed by atoms with Gasteiger partial charge in [0.1, 0.15) is 12.2 Å². The third-order valence-electron chi connectivity index (χ3n) is 3.20. The summed E-state index contributed by atoms with van der Waals surface area (Å²) in [6.45, 7) is 2.51. The van der Waals surface area contributed by atoms with Crippen molar-refractivity contribution in [1.82, 2.24) is 5.32 Å². The van der Waals surface area contributed by atoms with Gasteiger partial charge in [0, 0.05) is 23.9 Å². The van der Waals surface area contributed by atoms with E-state index in [4.69, 9.17) is 16.4 Å². The number of nitrogens with one attached hydrogen (secondary N) is 2. The van der Waals surface area contributed by atoms with E-state index in [-0.39, 0.29) is 17.8 Å². The Bertz CT molecular complexity index is 790. The summed E-state index contributed by atoms with van der Waals surface area (Å²) in [5.74, 6) is -2.59. The third kappa shape index (κ3) is 5.45. The Balaban J connectivity index is 3.10. The van der Waals surface area contributed by atoms with Crippen LogP contribution in [0.15, 0.2) is 45.8 Å². The molecule has 1 aromatic rings. The van der Waals surface area contributed by atoms with E-state index in [1.165, 1.54) is 24.3 Å². The predicted octanol–water partition coefficient (Wildman–Crippen LogP) is 1.64. The minimum absolute atomic E-state index is 0.220. The molecule has 0 radical (unpaired) electrons. The van der Waals surface area contributed by atoms with Gasteiger partial charge < -0.3 is 21.3 Å². The van der Waals surface area contributed by atoms with Crippen molar-refractivity contribution in [3.63, 3.8) is 0 Å². The van der Waals surface area contributed by atoms with Gasteiger partial charge in [-0.15, -0.1) is 5.11 Å². The van der Waals surface area contributed by atoms with Gasteiger partial charge in [-0.25, -0.2) is 0 Å². The number of hydrogen-bond acceptors (Lipinski definition) is 7. The quantitative estimate of drug-likeness (QED) is 0.266. The normalized spacial score (nSPS) is 12.6. The number of nitrogens with two attached hydrogens (primary N) is 1. The summed E-state index contributed by atoms with van der Waals surface area (Å²) in [5, 5.41) is 26.4. The molecule has 0 bridgehead atoms. The SMILES string of the molecule is CCCNC(=O)c1ccc(N=N/C(C(N)=O)=C(\C=N)C(C#N)C=O)cc1. The predicted molar refractivity (Wildman–Crippen MR) is 93.8 cm³/mol. The van der Waals surface area contributed by atoms with E-state index in [1.54, 1.807) is 6.07 Å². The average molecular weight is 354 g/mol. The van der Waals surface area contributed by atoms with Gasteiger partial charge in [0.25, 0.3) is 11.8 Å². The first-order valence-corrected chi connectivity index (χ1v) is 7.67. The molecule has 4 N–H and O–H groups in total. The highest BCUT2D eigenvalue weighted by molar-refractivity contribution is 6.00. The van der Waals surface area contributed by atoms with E-state index in [0.717, 1.165) is 6.42 Å². The second kappa shape index (κ2) is 10.2. The Morgan fingerprint density at radius 1 is 1.38 bits per heavy atom. The molecule has 0 spiro atoms. The summed E-state index contributed by atoms with van der Waals surface area (Å²) in [4.78, 5) is 34.2. The van der Waals surface area contributed by atoms with Crippen LogP contribution in [0.5, 0.6) is 0 Å². The highest BCUT2D eigenvalue weighted by Gasteiger charge is 2.19. The summed E-state index contributed by atoms with van der Waals surface area (Å²) in [6, 6.07) is 7.73. The lowest BCUT2D eigenvalue weighted by Crippen LogP contribution is -2.23. The lowest BCUT2D eigenvalue weighted by molar-refractivity contribution is -0.114. The number of allylic oxidation sites excluding steroid dienone is 1. The molecule has 0 heterocycles. The number of nitriles is 1. The van der Waals surface area contributed by atoms with Crippen molar-refractivity contribution in [1.29, 1.82) is 10.7 Å². The van der Waals surface area contributed by atoms with Crippen molar-refractivity contribution in [2.75, 3.05) is 6.54 Å². The molecule has 9 heteroatoms. The molecule has 0 aliphatic heterocycles. The zero-order chi connectivity index (χ0) is 19.5. The molecule has 0 aliphatic carbocycles. The minimum Gasteiger partial charge on any atom is -0.364 e. The van der Waals surface area contributed by atoms with Crippen LogP contribution in [0.2, 0.25) is 0 Å². The Morgan fingerprint density at radius 3 is 2.50 bits per heavy atom. The lowest BCUT2D eigenvalue weighted by atomic mass is 10.0. The van der Waals surface area contributed by atoms with E-state index in [9.17, 15) is 14.4 Å². The van der Waals surface area contributed by atoms with Crippen LogP contribution in [0.25, 0.3) is 0 Å². The van der Waals surface area contributed by atoms with Crippen LogP contribution in [-0.2, 0) is 9.59 Å². The number of carbonyl (C=O) groups is 3. The van der Waals surface area contributed by atoms with Crippen molar-refractivity contribution in [2.24, 2.45) is 21.9 Å². The number of primary amides is 1. The van der Waals surface area contributed by atoms with Crippen molar-refractivity contribution >= 4 is 30.0 Å². The van der Waals surface area contributed by atoms with Crippen LogP contribution in [-0.4, -0.2) is 30.9 Å². The van der Waals surface area contributed by atoms with Gasteiger partial charge in [-0.1, -0.05) is 6.92 Å². The zero-order valence-corrected chi connectivity index (χ0v) is 14.1. The summed E-state index contributed by atoms with van der Waals surface area (Å²) < 4.78 is 0. The van der Waals surface area contributed by atoms with Crippen LogP contribution >= 0.6 is 0 Å². The number of carbonyl (C=O) groups excluding carboxylic acids is 3. The van der Waals surface area contributed by atoms with Crippen molar-refractivity contribution in [3.8, 4) is 6.07 Å². The maximum absolute atomic E-state index is 11.8. The molecule has 1 unspecified atom stereocenters. The van der Waals surface area contributed by atoms with E-state index in [1.807, 2.05) is 6.92 Å². The smallest absolute Gasteiger partial charge is 0.269 e. The van der Waals surface area contributed by atoms with E-state index in [0.29, 0.717) is 24.0 Å². The summed E-state index contributed by atoms with van der Waals surface area (Å²) in [6.07, 6.45) is 1.77. The molecule has 134 valence electrons. The number of aldehydes is 1. The Kier molecular flexibility index (Phi) is 8.03. The summed E-state index contributed by atoms with van der Waals surface area (Å²) >= 11 is 0. The van der Waals surface area contributed by atoms with E-state index in [2.05, 4.69) is 15.5 Å². The second-order valence-corrected chi connectivity index (χ2v) is 5.06. The van der Waals surface area contributed by atoms with Gasteiger partial charge in [0.15, 0.2) is 5.70 Å². The van der Waals surface area contributed by atoms with Crippen molar-refractivity contribution in [2.45, 2.75) is 13.3 Å². The van der Waals surface area contributed by atoms with Gasteiger partial charge in [-0.3, -0.25) is 9.59 Å². The highest BCUT2D eigenvalue weighted by atomic mass is 16.2. The van der Waals surface area contributed by atoms with Crippen molar-refractivity contribution in [3.05, 3.63) is 41.1 Å². The molecule has 0 aromatic heterocycles. The maximum atomic E-state index is 11.8. The topological polar surface area (TPSA) is 162 Å². The largest absolute Gasteiger partial charge is 0.364 e. The Morgan fingerprint density at radius 2 is 2.04 bits per heavy atom. The van der Waals surface area contributed by atoms with Crippen LogP contribution in [0.1, 0.15) is 23.7 Å². The molecule has 0 fully saturated rings. The number of nitrogens with zero attached hydrogens (tertiary/aromatic N) is 3. The molecular formula is C17H18N6O3. The summed E-state index contributed by atoms with van der Waals surface area (Å²) in [5.41, 5.74) is 5.26. The molecular weight excluding hydrogens is 336 g/mol. The van der Waals surface area contributed by atoms with Crippen molar-refractivity contribution < 1.29 is 14.4 Å². The first-order chi connectivity index (χ1) is 12.5. The Labute approximate surface area is 150 Å². The third-order valence-corrected chi connectivity index (χ3v) is 3.20. The monoisotopic (exact) mass is 354 g/mol. The van der Waals surface area contributed by atoms with Gasteiger partial charge in [-0.05, 0) is 30.7 Å². The number of hydrogen-bond donors (Lipinski definition) is 3. The molecule has 0 aliphatic rings. The minimum atomic E-state index is -1.35. The second-order valence-electron chi connectivity index (χ2n) is 5.06. The number of benzene rings is 1. The van der Waals surface area contributed by atoms with Gasteiger partial charge in [0.05, 0.1) is 11.8 Å². The molecule has 1 atom stereocenters. The first kappa shape index (κ1) is 20.4. The molecule has 1 rings (SSSR count). The van der Waals surface area contributed by atoms with E-state index >= 15 is 0 Å². The fraction of sp³-hybridized carbons (Fsp3) is 0.235. The number of amides is 2. The number of azo groups is 1. The molecule has 0 saturated carbocycles.